The van der Waals surface area contributed by atoms with Crippen LogP contribution in [0.5, 0.6) is 0 Å². The Labute approximate surface area is 202 Å². The topological polar surface area (TPSA) is 91.8 Å². The first-order chi connectivity index (χ1) is 14.5. The van der Waals surface area contributed by atoms with Crippen molar-refractivity contribution < 1.29 is 13.2 Å². The molecular weight excluding hydrogens is 527 g/mol. The second-order valence-electron chi connectivity index (χ2n) is 7.34. The molecule has 1 heterocycles. The van der Waals surface area contributed by atoms with E-state index in [2.05, 4.69) is 39.4 Å². The zero-order chi connectivity index (χ0) is 21.4. The van der Waals surface area contributed by atoms with Gasteiger partial charge in [-0.1, -0.05) is 36.4 Å². The maximum absolute atomic E-state index is 12.4. The second kappa shape index (κ2) is 12.4. The molecule has 2 aromatic rings. The number of nitrogens with zero attached hydrogens (tertiary/aromatic N) is 1. The average Bonchev–Trinajstić information content (AvgIpc) is 3.28. The van der Waals surface area contributed by atoms with Gasteiger partial charge in [0.25, 0.3) is 0 Å². The number of ether oxygens (including phenoxy) is 1. The van der Waals surface area contributed by atoms with Crippen LogP contribution >= 0.6 is 24.0 Å². The fourth-order valence-corrected chi connectivity index (χ4v) is 4.34. The Morgan fingerprint density at radius 2 is 1.81 bits per heavy atom. The Morgan fingerprint density at radius 3 is 2.45 bits per heavy atom. The normalized spacial score (nSPS) is 16.6. The van der Waals surface area contributed by atoms with Gasteiger partial charge in [0.15, 0.2) is 5.96 Å². The van der Waals surface area contributed by atoms with Crippen LogP contribution in [0.2, 0.25) is 0 Å². The number of sulfonamides is 1. The number of aryl methyl sites for hydroxylation is 1. The van der Waals surface area contributed by atoms with Gasteiger partial charge < -0.3 is 15.4 Å². The lowest BCUT2D eigenvalue weighted by atomic mass is 10.1. The molecule has 0 saturated carbocycles. The predicted octanol–water partition coefficient (Wildman–Crippen LogP) is 2.94. The largest absolute Gasteiger partial charge is 0.377 e. The van der Waals surface area contributed by atoms with E-state index in [0.717, 1.165) is 18.4 Å². The van der Waals surface area contributed by atoms with E-state index in [1.54, 1.807) is 19.2 Å². The lowest BCUT2D eigenvalue weighted by molar-refractivity contribution is 0.114. The van der Waals surface area contributed by atoms with Gasteiger partial charge >= 0.3 is 0 Å². The summed E-state index contributed by atoms with van der Waals surface area (Å²) >= 11 is 0. The van der Waals surface area contributed by atoms with Crippen molar-refractivity contribution in [3.63, 3.8) is 0 Å². The van der Waals surface area contributed by atoms with Crippen LogP contribution in [-0.2, 0) is 27.8 Å². The fraction of sp³-hybridized carbons (Fsp3) is 0.409. The molecule has 1 atom stereocenters. The van der Waals surface area contributed by atoms with E-state index in [0.29, 0.717) is 32.2 Å². The Morgan fingerprint density at radius 1 is 1.10 bits per heavy atom. The molecule has 2 aromatic carbocycles. The third-order valence-electron chi connectivity index (χ3n) is 5.15. The van der Waals surface area contributed by atoms with Crippen molar-refractivity contribution in [1.29, 1.82) is 0 Å². The van der Waals surface area contributed by atoms with Crippen LogP contribution in [0.15, 0.2) is 58.4 Å². The highest BCUT2D eigenvalue weighted by Crippen LogP contribution is 2.14. The highest BCUT2D eigenvalue weighted by atomic mass is 127. The number of hydrogen-bond donors (Lipinski definition) is 3. The summed E-state index contributed by atoms with van der Waals surface area (Å²) < 4.78 is 33.0. The van der Waals surface area contributed by atoms with Crippen molar-refractivity contribution in [3.05, 3.63) is 65.2 Å². The molecule has 0 amide bonds. The highest BCUT2D eigenvalue weighted by molar-refractivity contribution is 14.0. The first kappa shape index (κ1) is 25.6. The molecule has 1 unspecified atom stereocenters. The lowest BCUT2D eigenvalue weighted by Crippen LogP contribution is -2.36. The molecule has 3 rings (SSSR count). The molecule has 170 valence electrons. The van der Waals surface area contributed by atoms with Crippen molar-refractivity contribution >= 4 is 40.0 Å². The number of aliphatic imine (C=N–C) groups is 1. The third-order valence-corrected chi connectivity index (χ3v) is 6.59. The Balaban J connectivity index is 0.00000341. The number of rotatable bonds is 8. The molecule has 1 saturated heterocycles. The first-order valence-electron chi connectivity index (χ1n) is 10.2. The van der Waals surface area contributed by atoms with Gasteiger partial charge in [-0.15, -0.1) is 24.0 Å². The van der Waals surface area contributed by atoms with E-state index in [9.17, 15) is 8.42 Å². The zero-order valence-electron chi connectivity index (χ0n) is 17.9. The number of benzene rings is 2. The molecule has 1 aliphatic rings. The highest BCUT2D eigenvalue weighted by Gasteiger charge is 2.20. The monoisotopic (exact) mass is 558 g/mol. The van der Waals surface area contributed by atoms with E-state index in [-0.39, 0.29) is 35.0 Å². The molecule has 1 fully saturated rings. The molecule has 0 radical (unpaired) electrons. The van der Waals surface area contributed by atoms with Crippen molar-refractivity contribution in [2.75, 3.05) is 20.2 Å². The molecule has 1 aliphatic heterocycles. The van der Waals surface area contributed by atoms with Crippen LogP contribution < -0.4 is 15.4 Å². The van der Waals surface area contributed by atoms with Gasteiger partial charge in [0.2, 0.25) is 10.0 Å². The van der Waals surface area contributed by atoms with Gasteiger partial charge in [0.05, 0.1) is 11.0 Å². The van der Waals surface area contributed by atoms with Gasteiger partial charge in [-0.2, -0.15) is 0 Å². The predicted molar refractivity (Wildman–Crippen MR) is 134 cm³/mol. The van der Waals surface area contributed by atoms with Gasteiger partial charge in [-0.3, -0.25) is 4.99 Å². The van der Waals surface area contributed by atoms with Crippen LogP contribution in [0.25, 0.3) is 0 Å². The first-order valence-corrected chi connectivity index (χ1v) is 11.7. The summed E-state index contributed by atoms with van der Waals surface area (Å²) in [6.07, 6.45) is 1.85. The molecule has 31 heavy (non-hydrogen) atoms. The van der Waals surface area contributed by atoms with Crippen molar-refractivity contribution in [2.24, 2.45) is 4.99 Å². The van der Waals surface area contributed by atoms with Crippen LogP contribution in [0.3, 0.4) is 0 Å². The minimum atomic E-state index is -3.53. The molecule has 0 spiro atoms. The summed E-state index contributed by atoms with van der Waals surface area (Å²) in [5.74, 6) is 0.688. The Hall–Kier alpha value is -1.69. The SMILES string of the molecule is CN=C(NCc1ccc(S(=O)(=O)NCC2CCCO2)cc1)NCc1ccccc1C.I. The summed E-state index contributed by atoms with van der Waals surface area (Å²) in [5, 5.41) is 6.55. The van der Waals surface area contributed by atoms with Gasteiger partial charge in [-0.05, 0) is 48.6 Å². The second-order valence-corrected chi connectivity index (χ2v) is 9.10. The minimum absolute atomic E-state index is 0. The maximum Gasteiger partial charge on any atom is 0.240 e. The van der Waals surface area contributed by atoms with Crippen molar-refractivity contribution in [1.82, 2.24) is 15.4 Å². The Bertz CT molecular complexity index is 959. The van der Waals surface area contributed by atoms with Crippen LogP contribution in [0, 0.1) is 6.92 Å². The summed E-state index contributed by atoms with van der Waals surface area (Å²) in [7, 11) is -1.81. The number of guanidine groups is 1. The lowest BCUT2D eigenvalue weighted by Gasteiger charge is -2.14. The number of halogens is 1. The van der Waals surface area contributed by atoms with E-state index >= 15 is 0 Å². The smallest absolute Gasteiger partial charge is 0.240 e. The quantitative estimate of drug-likeness (QED) is 0.264. The van der Waals surface area contributed by atoms with Gasteiger partial charge in [0.1, 0.15) is 0 Å². The zero-order valence-corrected chi connectivity index (χ0v) is 21.1. The van der Waals surface area contributed by atoms with Gasteiger partial charge in [0, 0.05) is 33.3 Å². The number of hydrogen-bond acceptors (Lipinski definition) is 4. The summed E-state index contributed by atoms with van der Waals surface area (Å²) in [4.78, 5) is 4.50. The molecule has 9 heteroatoms. The summed E-state index contributed by atoms with van der Waals surface area (Å²) in [5.41, 5.74) is 3.41. The number of nitrogens with one attached hydrogen (secondary N) is 3. The van der Waals surface area contributed by atoms with Crippen LogP contribution in [0.1, 0.15) is 29.5 Å². The van der Waals surface area contributed by atoms with Crippen LogP contribution in [0.4, 0.5) is 0 Å². The van der Waals surface area contributed by atoms with E-state index in [4.69, 9.17) is 4.74 Å². The Kier molecular flexibility index (Phi) is 10.2. The molecule has 0 bridgehead atoms. The molecular formula is C22H31IN4O3S. The average molecular weight is 558 g/mol. The molecule has 3 N–H and O–H groups in total. The fourth-order valence-electron chi connectivity index (χ4n) is 3.27. The minimum Gasteiger partial charge on any atom is -0.377 e. The summed E-state index contributed by atoms with van der Waals surface area (Å²) in [6, 6.07) is 15.1. The summed E-state index contributed by atoms with van der Waals surface area (Å²) in [6.45, 7) is 4.32. The maximum atomic E-state index is 12.4. The standard InChI is InChI=1S/C22H30N4O3S.HI/c1-17-6-3-4-7-19(17)15-25-22(23-2)24-14-18-9-11-21(12-10-18)30(27,28)26-16-20-8-5-13-29-20;/h3-4,6-7,9-12,20,26H,5,8,13-16H2,1-2H3,(H2,23,24,25);1H. The van der Waals surface area contributed by atoms with Gasteiger partial charge in [-0.25, -0.2) is 13.1 Å². The van der Waals surface area contributed by atoms with Crippen molar-refractivity contribution in [3.8, 4) is 0 Å². The van der Waals surface area contributed by atoms with Crippen LogP contribution in [-0.4, -0.2) is 40.7 Å². The van der Waals surface area contributed by atoms with E-state index < -0.39 is 10.0 Å². The van der Waals surface area contributed by atoms with Crippen molar-refractivity contribution in [2.45, 2.75) is 43.9 Å². The third kappa shape index (κ3) is 7.74. The molecule has 0 aromatic heterocycles. The molecule has 0 aliphatic carbocycles. The van der Waals surface area contributed by atoms with E-state index in [1.807, 2.05) is 24.3 Å². The van der Waals surface area contributed by atoms with E-state index in [1.165, 1.54) is 11.1 Å². The molecule has 7 nitrogen and oxygen atoms in total.